The van der Waals surface area contributed by atoms with E-state index < -0.39 is 0 Å². The Morgan fingerprint density at radius 2 is 1.86 bits per heavy atom. The van der Waals surface area contributed by atoms with Crippen LogP contribution < -0.4 is 4.74 Å². The summed E-state index contributed by atoms with van der Waals surface area (Å²) in [5.41, 5.74) is 4.07. The highest BCUT2D eigenvalue weighted by molar-refractivity contribution is 6.31. The second-order valence-electron chi connectivity index (χ2n) is 5.26. The van der Waals surface area contributed by atoms with Gasteiger partial charge in [-0.3, -0.25) is 0 Å². The minimum Gasteiger partial charge on any atom is -0.482 e. The van der Waals surface area contributed by atoms with Gasteiger partial charge >= 0.3 is 0 Å². The lowest BCUT2D eigenvalue weighted by Crippen LogP contribution is -2.07. The van der Waals surface area contributed by atoms with Gasteiger partial charge in [-0.05, 0) is 50.1 Å². The Morgan fingerprint density at radius 3 is 2.57 bits per heavy atom. The third-order valence-corrected chi connectivity index (χ3v) is 3.79. The van der Waals surface area contributed by atoms with Crippen molar-refractivity contribution in [2.24, 2.45) is 0 Å². The molecule has 1 unspecified atom stereocenters. The van der Waals surface area contributed by atoms with Crippen molar-refractivity contribution in [2.75, 3.05) is 0 Å². The number of fused-ring (bicyclic) bond motifs is 1. The van der Waals surface area contributed by atoms with Gasteiger partial charge in [0.15, 0.2) is 6.10 Å². The molecule has 0 radical (unpaired) electrons. The van der Waals surface area contributed by atoms with Crippen LogP contribution in [-0.2, 0) is 0 Å². The lowest BCUT2D eigenvalue weighted by Gasteiger charge is -2.16. The van der Waals surface area contributed by atoms with E-state index in [0.717, 1.165) is 33.7 Å². The highest BCUT2D eigenvalue weighted by atomic mass is 35.5. The van der Waals surface area contributed by atoms with Crippen LogP contribution in [0.5, 0.6) is 5.75 Å². The van der Waals surface area contributed by atoms with Crippen LogP contribution in [0.15, 0.2) is 36.4 Å². The zero-order chi connectivity index (χ0) is 15.0. The van der Waals surface area contributed by atoms with E-state index in [-0.39, 0.29) is 6.10 Å². The maximum atomic E-state index is 6.10. The molecule has 0 aliphatic carbocycles. The first-order valence-corrected chi connectivity index (χ1v) is 7.30. The van der Waals surface area contributed by atoms with Crippen LogP contribution in [0.3, 0.4) is 0 Å². The molecular weight excluding hydrogens is 284 g/mol. The molecule has 0 aliphatic heterocycles. The summed E-state index contributed by atoms with van der Waals surface area (Å²) in [5.74, 6) is 1.72. The Morgan fingerprint density at radius 1 is 1.14 bits per heavy atom. The van der Waals surface area contributed by atoms with E-state index in [1.165, 1.54) is 0 Å². The van der Waals surface area contributed by atoms with Crippen molar-refractivity contribution in [1.29, 1.82) is 0 Å². The van der Waals surface area contributed by atoms with Crippen LogP contribution in [0.2, 0.25) is 5.02 Å². The molecule has 1 atom stereocenters. The second kappa shape index (κ2) is 5.41. The van der Waals surface area contributed by atoms with Crippen molar-refractivity contribution in [3.63, 3.8) is 0 Å². The molecule has 4 heteroatoms. The third-order valence-electron chi connectivity index (χ3n) is 3.55. The number of hydrogen-bond acceptors (Lipinski definition) is 2. The number of ether oxygens (including phenoxy) is 1. The Kier molecular flexibility index (Phi) is 3.60. The quantitative estimate of drug-likeness (QED) is 0.741. The van der Waals surface area contributed by atoms with Crippen molar-refractivity contribution >= 4 is 22.6 Å². The molecule has 0 spiro atoms. The van der Waals surface area contributed by atoms with Crippen LogP contribution in [0.1, 0.15) is 30.0 Å². The van der Waals surface area contributed by atoms with E-state index in [0.29, 0.717) is 5.02 Å². The molecule has 3 aromatic rings. The second-order valence-corrected chi connectivity index (χ2v) is 5.70. The number of aromatic amines is 1. The number of rotatable bonds is 3. The highest BCUT2D eigenvalue weighted by Crippen LogP contribution is 2.28. The summed E-state index contributed by atoms with van der Waals surface area (Å²) in [6.45, 7) is 6.09. The molecule has 1 aromatic heterocycles. The first kappa shape index (κ1) is 14.0. The zero-order valence-electron chi connectivity index (χ0n) is 12.3. The third kappa shape index (κ3) is 2.74. The number of aryl methyl sites for hydroxylation is 2. The number of hydrogen-bond donors (Lipinski definition) is 1. The van der Waals surface area contributed by atoms with Crippen LogP contribution >= 0.6 is 11.6 Å². The minimum atomic E-state index is -0.157. The van der Waals surface area contributed by atoms with Gasteiger partial charge in [0.25, 0.3) is 0 Å². The van der Waals surface area contributed by atoms with Crippen molar-refractivity contribution in [1.82, 2.24) is 9.97 Å². The van der Waals surface area contributed by atoms with Gasteiger partial charge in [0.05, 0.1) is 11.0 Å². The molecule has 108 valence electrons. The van der Waals surface area contributed by atoms with Crippen LogP contribution in [0.25, 0.3) is 11.0 Å². The predicted octanol–water partition coefficient (Wildman–Crippen LogP) is 4.97. The molecule has 0 saturated heterocycles. The van der Waals surface area contributed by atoms with E-state index in [4.69, 9.17) is 16.3 Å². The summed E-state index contributed by atoms with van der Waals surface area (Å²) in [6, 6.07) is 11.8. The van der Waals surface area contributed by atoms with Crippen molar-refractivity contribution in [2.45, 2.75) is 26.9 Å². The SMILES string of the molecule is Cc1cccc(C)c1OC(C)c1nc2ccc(Cl)cc2[nH]1. The topological polar surface area (TPSA) is 37.9 Å². The van der Waals surface area contributed by atoms with Gasteiger partial charge in [-0.15, -0.1) is 0 Å². The number of benzene rings is 2. The molecule has 0 amide bonds. The largest absolute Gasteiger partial charge is 0.482 e. The zero-order valence-corrected chi connectivity index (χ0v) is 13.0. The molecule has 3 nitrogen and oxygen atoms in total. The smallest absolute Gasteiger partial charge is 0.153 e. The number of nitrogens with one attached hydrogen (secondary N) is 1. The Labute approximate surface area is 128 Å². The maximum absolute atomic E-state index is 6.10. The summed E-state index contributed by atoms with van der Waals surface area (Å²) in [6.07, 6.45) is -0.157. The van der Waals surface area contributed by atoms with E-state index in [9.17, 15) is 0 Å². The predicted molar refractivity (Wildman–Crippen MR) is 86.1 cm³/mol. The molecule has 2 aromatic carbocycles. The summed E-state index contributed by atoms with van der Waals surface area (Å²) < 4.78 is 6.10. The Bertz CT molecular complexity index is 774. The average molecular weight is 301 g/mol. The fraction of sp³-hybridized carbons (Fsp3) is 0.235. The van der Waals surface area contributed by atoms with E-state index in [1.807, 2.05) is 57.2 Å². The average Bonchev–Trinajstić information content (AvgIpc) is 2.86. The van der Waals surface area contributed by atoms with E-state index >= 15 is 0 Å². The monoisotopic (exact) mass is 300 g/mol. The van der Waals surface area contributed by atoms with E-state index in [1.54, 1.807) is 0 Å². The minimum absolute atomic E-state index is 0.157. The lowest BCUT2D eigenvalue weighted by atomic mass is 10.1. The van der Waals surface area contributed by atoms with Crippen molar-refractivity contribution < 1.29 is 4.74 Å². The van der Waals surface area contributed by atoms with Crippen LogP contribution in [0, 0.1) is 13.8 Å². The molecule has 0 aliphatic rings. The van der Waals surface area contributed by atoms with Crippen LogP contribution in [-0.4, -0.2) is 9.97 Å². The first-order valence-electron chi connectivity index (χ1n) is 6.92. The lowest BCUT2D eigenvalue weighted by molar-refractivity contribution is 0.215. The number of nitrogens with zero attached hydrogens (tertiary/aromatic N) is 1. The summed E-state index contributed by atoms with van der Waals surface area (Å²) in [5, 5.41) is 0.695. The van der Waals surface area contributed by atoms with Gasteiger partial charge in [0.2, 0.25) is 0 Å². The van der Waals surface area contributed by atoms with E-state index in [2.05, 4.69) is 9.97 Å². The molecule has 1 N–H and O–H groups in total. The van der Waals surface area contributed by atoms with Gasteiger partial charge < -0.3 is 9.72 Å². The van der Waals surface area contributed by atoms with Gasteiger partial charge in [-0.1, -0.05) is 29.8 Å². The van der Waals surface area contributed by atoms with Gasteiger partial charge in [0, 0.05) is 5.02 Å². The Hall–Kier alpha value is -2.00. The number of aromatic nitrogens is 2. The number of H-pyrrole nitrogens is 1. The molecule has 0 saturated carbocycles. The van der Waals surface area contributed by atoms with Crippen LogP contribution in [0.4, 0.5) is 0 Å². The number of halogens is 1. The maximum Gasteiger partial charge on any atom is 0.153 e. The number of para-hydroxylation sites is 1. The van der Waals surface area contributed by atoms with Crippen molar-refractivity contribution in [3.8, 4) is 5.75 Å². The fourth-order valence-electron chi connectivity index (χ4n) is 2.41. The summed E-state index contributed by atoms with van der Waals surface area (Å²) >= 11 is 6.00. The standard InChI is InChI=1S/C17H17ClN2O/c1-10-5-4-6-11(2)16(10)21-12(3)17-19-14-8-7-13(18)9-15(14)20-17/h4-9,12H,1-3H3,(H,19,20). The molecule has 21 heavy (non-hydrogen) atoms. The van der Waals surface area contributed by atoms with Gasteiger partial charge in [0.1, 0.15) is 11.6 Å². The molecule has 3 rings (SSSR count). The highest BCUT2D eigenvalue weighted by Gasteiger charge is 2.15. The van der Waals surface area contributed by atoms with Gasteiger partial charge in [-0.25, -0.2) is 4.98 Å². The van der Waals surface area contributed by atoms with Crippen molar-refractivity contribution in [3.05, 3.63) is 58.4 Å². The molecular formula is C17H17ClN2O. The summed E-state index contributed by atoms with van der Waals surface area (Å²) in [7, 11) is 0. The first-order chi connectivity index (χ1) is 10.0. The fourth-order valence-corrected chi connectivity index (χ4v) is 2.58. The normalized spacial score (nSPS) is 12.6. The summed E-state index contributed by atoms with van der Waals surface area (Å²) in [4.78, 5) is 7.84. The molecule has 0 bridgehead atoms. The molecule has 1 heterocycles. The van der Waals surface area contributed by atoms with Gasteiger partial charge in [-0.2, -0.15) is 0 Å². The Balaban J connectivity index is 1.91. The molecule has 0 fully saturated rings. The number of imidazole rings is 1.